The number of fused-ring (bicyclic) bond motifs is 1. The molecule has 3 heterocycles. The topological polar surface area (TPSA) is 114 Å². The quantitative estimate of drug-likeness (QED) is 0.240. The number of aromatic nitrogens is 2. The molecule has 0 saturated carbocycles. The van der Waals surface area contributed by atoms with E-state index in [1.165, 1.54) is 17.4 Å². The highest BCUT2D eigenvalue weighted by molar-refractivity contribution is 7.11. The molecule has 1 aliphatic rings. The van der Waals surface area contributed by atoms with Crippen molar-refractivity contribution in [3.63, 3.8) is 0 Å². The second kappa shape index (κ2) is 12.6. The summed E-state index contributed by atoms with van der Waals surface area (Å²) in [6.07, 6.45) is 3.75. The van der Waals surface area contributed by atoms with Crippen LogP contribution in [0.4, 0.5) is 10.1 Å². The van der Waals surface area contributed by atoms with Crippen molar-refractivity contribution in [3.8, 4) is 0 Å². The van der Waals surface area contributed by atoms with Crippen LogP contribution in [0.5, 0.6) is 0 Å². The van der Waals surface area contributed by atoms with Gasteiger partial charge in [-0.15, -0.1) is 11.3 Å². The summed E-state index contributed by atoms with van der Waals surface area (Å²) >= 11 is 7.82. The number of anilines is 1. The van der Waals surface area contributed by atoms with Crippen LogP contribution in [0.25, 0.3) is 10.9 Å². The molecule has 1 fully saturated rings. The summed E-state index contributed by atoms with van der Waals surface area (Å²) in [5.41, 5.74) is 1.53. The Bertz CT molecular complexity index is 1650. The number of carbonyl (C=O) groups excluding carboxylic acids is 2. The molecule has 42 heavy (non-hydrogen) atoms. The number of para-hydroxylation sites is 1. The molecule has 2 aromatic heterocycles. The predicted octanol–water partition coefficient (Wildman–Crippen LogP) is 5.62. The Labute approximate surface area is 250 Å². The van der Waals surface area contributed by atoms with Crippen molar-refractivity contribution in [2.75, 3.05) is 18.5 Å². The predicted molar refractivity (Wildman–Crippen MR) is 159 cm³/mol. The summed E-state index contributed by atoms with van der Waals surface area (Å²) in [5, 5.41) is 13.2. The SMILES string of the molecule is CCO[C@H]1CCN(C(=O)Cc2cc(Cl)c(NC(=O)c3cn(C)c4ccccc34)cc2F)[C@@H]1c1ncc(CCC(=O)O)s1. The number of rotatable bonds is 10. The number of nitrogens with one attached hydrogen (secondary N) is 1. The van der Waals surface area contributed by atoms with Gasteiger partial charge < -0.3 is 24.6 Å². The van der Waals surface area contributed by atoms with Crippen molar-refractivity contribution in [1.82, 2.24) is 14.5 Å². The molecule has 220 valence electrons. The van der Waals surface area contributed by atoms with Crippen molar-refractivity contribution >= 4 is 57.3 Å². The number of halogens is 2. The number of carbonyl (C=O) groups is 3. The average Bonchev–Trinajstić information content (AvgIpc) is 3.68. The smallest absolute Gasteiger partial charge is 0.303 e. The maximum Gasteiger partial charge on any atom is 0.303 e. The van der Waals surface area contributed by atoms with Gasteiger partial charge in [-0.25, -0.2) is 9.37 Å². The van der Waals surface area contributed by atoms with Crippen LogP contribution in [0.15, 0.2) is 48.8 Å². The van der Waals surface area contributed by atoms with Gasteiger partial charge in [0.15, 0.2) is 0 Å². The van der Waals surface area contributed by atoms with E-state index in [9.17, 15) is 14.4 Å². The van der Waals surface area contributed by atoms with Crippen LogP contribution in [-0.2, 0) is 34.2 Å². The lowest BCUT2D eigenvalue weighted by Crippen LogP contribution is -2.35. The number of likely N-dealkylation sites (tertiary alicyclic amines) is 1. The van der Waals surface area contributed by atoms with Crippen LogP contribution in [0.3, 0.4) is 0 Å². The number of hydrogen-bond donors (Lipinski definition) is 2. The molecular weight excluding hydrogens is 583 g/mol. The molecule has 2 aromatic carbocycles. The zero-order chi connectivity index (χ0) is 30.0. The highest BCUT2D eigenvalue weighted by Crippen LogP contribution is 2.38. The third-order valence-corrected chi connectivity index (χ3v) is 8.76. The third kappa shape index (κ3) is 6.18. The first kappa shape index (κ1) is 29.7. The van der Waals surface area contributed by atoms with Gasteiger partial charge >= 0.3 is 5.97 Å². The number of hydrogen-bond acceptors (Lipinski definition) is 6. The Balaban J connectivity index is 1.32. The molecule has 2 N–H and O–H groups in total. The fourth-order valence-electron chi connectivity index (χ4n) is 5.33. The van der Waals surface area contributed by atoms with E-state index in [1.807, 2.05) is 42.8 Å². The van der Waals surface area contributed by atoms with Crippen LogP contribution >= 0.6 is 22.9 Å². The summed E-state index contributed by atoms with van der Waals surface area (Å²) in [4.78, 5) is 44.5. The van der Waals surface area contributed by atoms with Gasteiger partial charge in [0, 0.05) is 48.4 Å². The Morgan fingerprint density at radius 2 is 2.05 bits per heavy atom. The lowest BCUT2D eigenvalue weighted by Gasteiger charge is -2.26. The second-order valence-corrected chi connectivity index (χ2v) is 11.7. The van der Waals surface area contributed by atoms with Crippen molar-refractivity contribution in [2.45, 2.75) is 44.8 Å². The van der Waals surface area contributed by atoms with Crippen molar-refractivity contribution < 1.29 is 28.6 Å². The molecule has 1 saturated heterocycles. The van der Waals surface area contributed by atoms with Gasteiger partial charge in [-0.1, -0.05) is 29.8 Å². The molecular formula is C30H30ClFN4O5S. The van der Waals surface area contributed by atoms with Gasteiger partial charge in [0.2, 0.25) is 5.91 Å². The summed E-state index contributed by atoms with van der Waals surface area (Å²) in [5.74, 6) is -2.30. The molecule has 5 rings (SSSR count). The largest absolute Gasteiger partial charge is 0.481 e. The molecule has 9 nitrogen and oxygen atoms in total. The molecule has 0 spiro atoms. The van der Waals surface area contributed by atoms with Crippen LogP contribution in [0, 0.1) is 5.82 Å². The van der Waals surface area contributed by atoms with Crippen LogP contribution in [-0.4, -0.2) is 56.6 Å². The van der Waals surface area contributed by atoms with Crippen molar-refractivity contribution in [1.29, 1.82) is 0 Å². The second-order valence-electron chi connectivity index (χ2n) is 10.1. The van der Waals surface area contributed by atoms with Crippen LogP contribution < -0.4 is 5.32 Å². The monoisotopic (exact) mass is 612 g/mol. The van der Waals surface area contributed by atoms with E-state index in [2.05, 4.69) is 10.3 Å². The molecule has 0 bridgehead atoms. The standard InChI is InChI=1S/C30H30ClFN4O5S/c1-3-41-25-10-11-36(28(25)30-33-15-18(42-30)8-9-27(38)39)26(37)13-17-12-21(31)23(14-22(17)32)34-29(40)20-16-35(2)24-7-5-4-6-19(20)24/h4-7,12,14-16,25,28H,3,8-11,13H2,1-2H3,(H,34,40)(H,38,39)/t25-,28-/m0/s1. The van der Waals surface area contributed by atoms with Crippen molar-refractivity contribution in [2.24, 2.45) is 7.05 Å². The highest BCUT2D eigenvalue weighted by atomic mass is 35.5. The summed E-state index contributed by atoms with van der Waals surface area (Å²) in [6, 6.07) is 9.50. The first-order chi connectivity index (χ1) is 20.2. The number of benzene rings is 2. The normalized spacial score (nSPS) is 16.7. The first-order valence-electron chi connectivity index (χ1n) is 13.6. The van der Waals surface area contributed by atoms with E-state index < -0.39 is 23.7 Å². The number of ether oxygens (including phenoxy) is 1. The molecule has 12 heteroatoms. The Morgan fingerprint density at radius 1 is 1.26 bits per heavy atom. The van der Waals surface area contributed by atoms with Gasteiger partial charge in [0.1, 0.15) is 16.9 Å². The minimum absolute atomic E-state index is 0.0116. The highest BCUT2D eigenvalue weighted by Gasteiger charge is 2.40. The minimum atomic E-state index is -0.894. The lowest BCUT2D eigenvalue weighted by molar-refractivity contribution is -0.137. The van der Waals surface area contributed by atoms with E-state index in [0.29, 0.717) is 36.6 Å². The lowest BCUT2D eigenvalue weighted by atomic mass is 10.1. The maximum absolute atomic E-state index is 15.3. The number of nitrogens with zero attached hydrogens (tertiary/aromatic N) is 3. The van der Waals surface area contributed by atoms with Crippen molar-refractivity contribution in [3.05, 3.63) is 80.6 Å². The molecule has 0 unspecified atom stereocenters. The number of aliphatic carboxylic acids is 1. The first-order valence-corrected chi connectivity index (χ1v) is 14.8. The number of amides is 2. The number of aryl methyl sites for hydroxylation is 2. The summed E-state index contributed by atoms with van der Waals surface area (Å²) < 4.78 is 23.0. The van der Waals surface area contributed by atoms with E-state index in [-0.39, 0.29) is 41.1 Å². The zero-order valence-electron chi connectivity index (χ0n) is 23.1. The Hall–Kier alpha value is -3.80. The fraction of sp³-hybridized carbons (Fsp3) is 0.333. The van der Waals surface area contributed by atoms with Gasteiger partial charge in [-0.3, -0.25) is 14.4 Å². The average molecular weight is 613 g/mol. The van der Waals surface area contributed by atoms with Gasteiger partial charge in [0.25, 0.3) is 5.91 Å². The zero-order valence-corrected chi connectivity index (χ0v) is 24.7. The van der Waals surface area contributed by atoms with Gasteiger partial charge in [0.05, 0.1) is 35.2 Å². The third-order valence-electron chi connectivity index (χ3n) is 7.32. The fourth-order valence-corrected chi connectivity index (χ4v) is 6.64. The van der Waals surface area contributed by atoms with E-state index in [1.54, 1.807) is 17.3 Å². The van der Waals surface area contributed by atoms with E-state index in [4.69, 9.17) is 21.4 Å². The van der Waals surface area contributed by atoms with Gasteiger partial charge in [-0.05, 0) is 43.5 Å². The Kier molecular flexibility index (Phi) is 8.91. The van der Waals surface area contributed by atoms with Crippen LogP contribution in [0.1, 0.15) is 51.6 Å². The number of thiazole rings is 1. The van der Waals surface area contributed by atoms with E-state index in [0.717, 1.165) is 21.8 Å². The molecule has 4 aromatic rings. The minimum Gasteiger partial charge on any atom is -0.481 e. The molecule has 2 amide bonds. The van der Waals surface area contributed by atoms with Crippen LogP contribution in [0.2, 0.25) is 5.02 Å². The Morgan fingerprint density at radius 3 is 2.81 bits per heavy atom. The summed E-state index contributed by atoms with van der Waals surface area (Å²) in [6.45, 7) is 2.74. The maximum atomic E-state index is 15.3. The van der Waals surface area contributed by atoms with E-state index >= 15 is 4.39 Å². The molecule has 0 radical (unpaired) electrons. The summed E-state index contributed by atoms with van der Waals surface area (Å²) in [7, 11) is 1.84. The molecule has 0 aliphatic carbocycles. The number of carboxylic acids is 1. The molecule has 2 atom stereocenters. The van der Waals surface area contributed by atoms with Gasteiger partial charge in [-0.2, -0.15) is 0 Å². The molecule has 1 aliphatic heterocycles. The number of carboxylic acid groups (broad SMARTS) is 1.